The molecule has 0 saturated heterocycles. The van der Waals surface area contributed by atoms with Gasteiger partial charge in [0, 0.05) is 16.7 Å². The standard InChI is InChI=1S/C20H17N3/c1-3-10-15(2)18-21-19(16-11-6-4-7-12-16)23-20(22-18)17-13-8-5-9-14-17/h3-14H,2H2,1H3/b10-3-. The highest BCUT2D eigenvalue weighted by Crippen LogP contribution is 2.22. The van der Waals surface area contributed by atoms with Crippen LogP contribution in [0.1, 0.15) is 12.7 Å². The van der Waals surface area contributed by atoms with Crippen molar-refractivity contribution in [1.82, 2.24) is 15.0 Å². The van der Waals surface area contributed by atoms with Crippen LogP contribution in [0, 0.1) is 0 Å². The molecule has 0 aliphatic rings. The van der Waals surface area contributed by atoms with Crippen LogP contribution in [0.5, 0.6) is 0 Å². The lowest BCUT2D eigenvalue weighted by Crippen LogP contribution is -2.01. The average molecular weight is 299 g/mol. The van der Waals surface area contributed by atoms with Crippen LogP contribution in [0.15, 0.2) is 79.4 Å². The number of hydrogen-bond donors (Lipinski definition) is 0. The van der Waals surface area contributed by atoms with Gasteiger partial charge in [-0.3, -0.25) is 0 Å². The molecule has 1 aromatic heterocycles. The molecular weight excluding hydrogens is 282 g/mol. The molecule has 0 aliphatic heterocycles. The Kier molecular flexibility index (Phi) is 4.39. The SMILES string of the molecule is C=C(/C=C\C)c1nc(-c2ccccc2)nc(-c2ccccc2)n1. The van der Waals surface area contributed by atoms with Crippen LogP contribution in [-0.4, -0.2) is 15.0 Å². The van der Waals surface area contributed by atoms with E-state index in [1.165, 1.54) is 0 Å². The number of hydrogen-bond acceptors (Lipinski definition) is 3. The molecule has 3 rings (SSSR count). The molecule has 3 nitrogen and oxygen atoms in total. The molecule has 0 saturated carbocycles. The smallest absolute Gasteiger partial charge is 0.164 e. The first-order valence-electron chi connectivity index (χ1n) is 7.47. The van der Waals surface area contributed by atoms with E-state index in [1.807, 2.05) is 79.7 Å². The molecule has 0 atom stereocenters. The zero-order chi connectivity index (χ0) is 16.1. The topological polar surface area (TPSA) is 38.7 Å². The molecule has 23 heavy (non-hydrogen) atoms. The van der Waals surface area contributed by atoms with Gasteiger partial charge >= 0.3 is 0 Å². The normalized spacial score (nSPS) is 10.8. The number of rotatable bonds is 4. The van der Waals surface area contributed by atoms with Gasteiger partial charge in [0.25, 0.3) is 0 Å². The maximum absolute atomic E-state index is 4.63. The Morgan fingerprint density at radius 3 is 1.70 bits per heavy atom. The summed E-state index contributed by atoms with van der Waals surface area (Å²) in [6, 6.07) is 19.8. The van der Waals surface area contributed by atoms with E-state index in [4.69, 9.17) is 0 Å². The maximum Gasteiger partial charge on any atom is 0.164 e. The van der Waals surface area contributed by atoms with Crippen LogP contribution in [0.3, 0.4) is 0 Å². The van der Waals surface area contributed by atoms with E-state index in [2.05, 4.69) is 21.5 Å². The third-order valence-electron chi connectivity index (χ3n) is 3.35. The van der Waals surface area contributed by atoms with Crippen LogP contribution in [0.25, 0.3) is 28.3 Å². The van der Waals surface area contributed by atoms with Crippen LogP contribution in [0.4, 0.5) is 0 Å². The fourth-order valence-electron chi connectivity index (χ4n) is 2.23. The first-order valence-corrected chi connectivity index (χ1v) is 7.47. The van der Waals surface area contributed by atoms with Crippen molar-refractivity contribution in [3.05, 3.63) is 85.2 Å². The quantitative estimate of drug-likeness (QED) is 0.650. The lowest BCUT2D eigenvalue weighted by Gasteiger charge is -2.07. The van der Waals surface area contributed by atoms with Gasteiger partial charge in [-0.1, -0.05) is 79.4 Å². The maximum atomic E-state index is 4.63. The first kappa shape index (κ1) is 14.9. The average Bonchev–Trinajstić information content (AvgIpc) is 2.63. The molecule has 0 fully saturated rings. The summed E-state index contributed by atoms with van der Waals surface area (Å²) in [5.74, 6) is 1.90. The van der Waals surface area contributed by atoms with Crippen molar-refractivity contribution in [2.24, 2.45) is 0 Å². The van der Waals surface area contributed by atoms with E-state index >= 15 is 0 Å². The fourth-order valence-corrected chi connectivity index (χ4v) is 2.23. The van der Waals surface area contributed by atoms with Crippen molar-refractivity contribution in [1.29, 1.82) is 0 Å². The fraction of sp³-hybridized carbons (Fsp3) is 0.0500. The van der Waals surface area contributed by atoms with Crippen molar-refractivity contribution in [3.63, 3.8) is 0 Å². The third kappa shape index (κ3) is 3.40. The molecule has 1 heterocycles. The van der Waals surface area contributed by atoms with Crippen molar-refractivity contribution in [2.75, 3.05) is 0 Å². The Morgan fingerprint density at radius 2 is 1.26 bits per heavy atom. The highest BCUT2D eigenvalue weighted by atomic mass is 15.0. The predicted octanol–water partition coefficient (Wildman–Crippen LogP) is 4.79. The molecule has 3 heteroatoms. The Hall–Kier alpha value is -3.07. The summed E-state index contributed by atoms with van der Waals surface area (Å²) in [5.41, 5.74) is 2.69. The van der Waals surface area contributed by atoms with Crippen molar-refractivity contribution < 1.29 is 0 Å². The molecule has 2 aromatic carbocycles. The Labute approximate surface area is 136 Å². The molecule has 3 aromatic rings. The van der Waals surface area contributed by atoms with Crippen LogP contribution < -0.4 is 0 Å². The second-order valence-corrected chi connectivity index (χ2v) is 5.06. The zero-order valence-electron chi connectivity index (χ0n) is 13.0. The Bertz CT molecular complexity index is 780. The minimum atomic E-state index is 0.593. The van der Waals surface area contributed by atoms with Crippen molar-refractivity contribution in [2.45, 2.75) is 6.92 Å². The highest BCUT2D eigenvalue weighted by molar-refractivity contribution is 5.70. The van der Waals surface area contributed by atoms with Gasteiger partial charge in [0.2, 0.25) is 0 Å². The van der Waals surface area contributed by atoms with E-state index < -0.39 is 0 Å². The molecule has 0 unspecified atom stereocenters. The lowest BCUT2D eigenvalue weighted by atomic mass is 10.1. The van der Waals surface area contributed by atoms with E-state index in [0.29, 0.717) is 17.5 Å². The molecule has 0 radical (unpaired) electrons. The Balaban J connectivity index is 2.17. The monoisotopic (exact) mass is 299 g/mol. The molecule has 0 spiro atoms. The summed E-state index contributed by atoms with van der Waals surface area (Å²) >= 11 is 0. The van der Waals surface area contributed by atoms with Gasteiger partial charge in [0.05, 0.1) is 0 Å². The van der Waals surface area contributed by atoms with E-state index in [0.717, 1.165) is 16.7 Å². The molecule has 0 amide bonds. The third-order valence-corrected chi connectivity index (χ3v) is 3.35. The summed E-state index contributed by atoms with van der Waals surface area (Å²) in [7, 11) is 0. The van der Waals surface area contributed by atoms with Crippen LogP contribution >= 0.6 is 0 Å². The number of allylic oxidation sites excluding steroid dienone is 3. The summed E-state index contributed by atoms with van der Waals surface area (Å²) in [4.78, 5) is 13.8. The largest absolute Gasteiger partial charge is 0.208 e. The van der Waals surface area contributed by atoms with Crippen LogP contribution in [-0.2, 0) is 0 Å². The molecule has 0 N–H and O–H groups in total. The van der Waals surface area contributed by atoms with Gasteiger partial charge in [-0.05, 0) is 6.92 Å². The summed E-state index contributed by atoms with van der Waals surface area (Å²) in [6.07, 6.45) is 3.83. The number of aromatic nitrogens is 3. The molecular formula is C20H17N3. The molecule has 0 bridgehead atoms. The highest BCUT2D eigenvalue weighted by Gasteiger charge is 2.11. The molecule has 112 valence electrons. The van der Waals surface area contributed by atoms with Crippen molar-refractivity contribution >= 4 is 5.57 Å². The van der Waals surface area contributed by atoms with Gasteiger partial charge in [0.15, 0.2) is 17.5 Å². The number of benzene rings is 2. The second kappa shape index (κ2) is 6.79. The second-order valence-electron chi connectivity index (χ2n) is 5.06. The zero-order valence-corrected chi connectivity index (χ0v) is 13.0. The van der Waals surface area contributed by atoms with E-state index in [1.54, 1.807) is 0 Å². The van der Waals surface area contributed by atoms with Gasteiger partial charge < -0.3 is 0 Å². The number of nitrogens with zero attached hydrogens (tertiary/aromatic N) is 3. The van der Waals surface area contributed by atoms with Gasteiger partial charge in [0.1, 0.15) is 0 Å². The van der Waals surface area contributed by atoms with Crippen LogP contribution in [0.2, 0.25) is 0 Å². The molecule has 0 aliphatic carbocycles. The van der Waals surface area contributed by atoms with Gasteiger partial charge in [-0.2, -0.15) is 0 Å². The van der Waals surface area contributed by atoms with Gasteiger partial charge in [-0.15, -0.1) is 0 Å². The van der Waals surface area contributed by atoms with Crippen molar-refractivity contribution in [3.8, 4) is 22.8 Å². The van der Waals surface area contributed by atoms with Gasteiger partial charge in [-0.25, -0.2) is 15.0 Å². The first-order chi connectivity index (χ1) is 11.3. The summed E-state index contributed by atoms with van der Waals surface area (Å²) in [5, 5.41) is 0. The lowest BCUT2D eigenvalue weighted by molar-refractivity contribution is 1.04. The minimum Gasteiger partial charge on any atom is -0.208 e. The summed E-state index contributed by atoms with van der Waals surface area (Å²) < 4.78 is 0. The van der Waals surface area contributed by atoms with E-state index in [9.17, 15) is 0 Å². The Morgan fingerprint density at radius 1 is 0.783 bits per heavy atom. The summed E-state index contributed by atoms with van der Waals surface area (Å²) in [6.45, 7) is 5.99. The predicted molar refractivity (Wildman–Crippen MR) is 94.5 cm³/mol. The van der Waals surface area contributed by atoms with E-state index in [-0.39, 0.29) is 0 Å². The minimum absolute atomic E-state index is 0.593.